The lowest BCUT2D eigenvalue weighted by Gasteiger charge is -2.09. The van der Waals surface area contributed by atoms with Gasteiger partial charge in [0.15, 0.2) is 17.5 Å². The number of aromatic nitrogens is 2. The Kier molecular flexibility index (Phi) is 7.83. The van der Waals surface area contributed by atoms with E-state index in [1.165, 1.54) is 0 Å². The van der Waals surface area contributed by atoms with Crippen LogP contribution in [-0.4, -0.2) is 30.4 Å². The molecule has 0 aliphatic carbocycles. The lowest BCUT2D eigenvalue weighted by atomic mass is 10.2. The van der Waals surface area contributed by atoms with E-state index >= 15 is 0 Å². The third-order valence-electron chi connectivity index (χ3n) is 3.61. The summed E-state index contributed by atoms with van der Waals surface area (Å²) in [6.07, 6.45) is 0. The van der Waals surface area contributed by atoms with Gasteiger partial charge in [-0.3, -0.25) is 5.10 Å². The Labute approximate surface area is 159 Å². The number of hydrogen-bond acceptors (Lipinski definition) is 4. The predicted octanol–water partition coefficient (Wildman–Crippen LogP) is 2.27. The van der Waals surface area contributed by atoms with Crippen molar-refractivity contribution in [1.82, 2.24) is 15.5 Å². The maximum atomic E-state index is 5.92. The molecule has 0 bridgehead atoms. The molecule has 0 saturated carbocycles. The first-order chi connectivity index (χ1) is 11.0. The first-order valence-corrected chi connectivity index (χ1v) is 7.30. The number of halogens is 1. The third kappa shape index (κ3) is 5.02. The van der Waals surface area contributed by atoms with Crippen LogP contribution in [0.4, 0.5) is 0 Å². The lowest BCUT2D eigenvalue weighted by Crippen LogP contribution is -2.31. The first-order valence-electron chi connectivity index (χ1n) is 7.30. The van der Waals surface area contributed by atoms with Gasteiger partial charge in [-0.25, -0.2) is 4.99 Å². The number of nitrogens with zero attached hydrogens (tertiary/aromatic N) is 2. The number of hydrogen-bond donors (Lipinski definition) is 3. The van der Waals surface area contributed by atoms with Gasteiger partial charge in [-0.1, -0.05) is 6.07 Å². The molecule has 0 amide bonds. The van der Waals surface area contributed by atoms with Gasteiger partial charge >= 0.3 is 0 Å². The van der Waals surface area contributed by atoms with Crippen molar-refractivity contribution in [2.75, 3.05) is 14.2 Å². The largest absolute Gasteiger partial charge is 0.493 e. The van der Waals surface area contributed by atoms with Crippen molar-refractivity contribution in [2.45, 2.75) is 26.9 Å². The zero-order valence-corrected chi connectivity index (χ0v) is 16.7. The second kappa shape index (κ2) is 9.36. The summed E-state index contributed by atoms with van der Waals surface area (Å²) in [7, 11) is 3.22. The molecular formula is C16H24IN5O2. The summed E-state index contributed by atoms with van der Waals surface area (Å²) in [6, 6.07) is 5.67. The fraction of sp³-hybridized carbons (Fsp3) is 0.375. The van der Waals surface area contributed by atoms with Gasteiger partial charge in [0, 0.05) is 17.8 Å². The Morgan fingerprint density at radius 1 is 1.25 bits per heavy atom. The highest BCUT2D eigenvalue weighted by atomic mass is 127. The molecule has 0 saturated heterocycles. The summed E-state index contributed by atoms with van der Waals surface area (Å²) in [5, 5.41) is 10.2. The molecule has 7 nitrogen and oxygen atoms in total. The number of aromatic amines is 1. The van der Waals surface area contributed by atoms with Crippen LogP contribution in [0.1, 0.15) is 22.5 Å². The highest BCUT2D eigenvalue weighted by Gasteiger charge is 2.06. The Bertz CT molecular complexity index is 680. The van der Waals surface area contributed by atoms with Crippen molar-refractivity contribution in [3.63, 3.8) is 0 Å². The van der Waals surface area contributed by atoms with E-state index in [1.54, 1.807) is 14.2 Å². The number of aliphatic imine (C=N–C) groups is 1. The average Bonchev–Trinajstić information content (AvgIpc) is 2.89. The Hall–Kier alpha value is -1.97. The molecule has 0 aliphatic rings. The zero-order valence-electron chi connectivity index (χ0n) is 14.3. The van der Waals surface area contributed by atoms with Gasteiger partial charge in [0.05, 0.1) is 26.5 Å². The second-order valence-electron chi connectivity index (χ2n) is 5.16. The normalized spacial score (nSPS) is 10.9. The van der Waals surface area contributed by atoms with Gasteiger partial charge < -0.3 is 20.5 Å². The third-order valence-corrected chi connectivity index (χ3v) is 3.61. The summed E-state index contributed by atoms with van der Waals surface area (Å²) in [4.78, 5) is 4.34. The number of guanidine groups is 1. The molecule has 0 fully saturated rings. The summed E-state index contributed by atoms with van der Waals surface area (Å²) in [5.74, 6) is 1.76. The maximum absolute atomic E-state index is 5.92. The number of nitrogens with one attached hydrogen (secondary N) is 2. The molecule has 132 valence electrons. The molecule has 0 aliphatic heterocycles. The van der Waals surface area contributed by atoms with Crippen LogP contribution in [-0.2, 0) is 13.1 Å². The minimum atomic E-state index is 0. The van der Waals surface area contributed by atoms with Crippen molar-refractivity contribution in [3.05, 3.63) is 40.7 Å². The highest BCUT2D eigenvalue weighted by Crippen LogP contribution is 2.27. The van der Waals surface area contributed by atoms with Gasteiger partial charge in [0.25, 0.3) is 0 Å². The van der Waals surface area contributed by atoms with Gasteiger partial charge in [0.1, 0.15) is 0 Å². The van der Waals surface area contributed by atoms with E-state index in [9.17, 15) is 0 Å². The van der Waals surface area contributed by atoms with Crippen molar-refractivity contribution in [1.29, 1.82) is 0 Å². The topological polar surface area (TPSA) is 97.5 Å². The fourth-order valence-electron chi connectivity index (χ4n) is 2.22. The Balaban J connectivity index is 0.00000288. The SMILES string of the molecule is COc1ccc(CN=C(N)NCc2c(C)n[nH]c2C)cc1OC.I. The number of benzene rings is 1. The fourth-order valence-corrected chi connectivity index (χ4v) is 2.22. The molecule has 1 aromatic carbocycles. The summed E-state index contributed by atoms with van der Waals surface area (Å²) < 4.78 is 10.5. The molecule has 1 heterocycles. The summed E-state index contributed by atoms with van der Waals surface area (Å²) >= 11 is 0. The molecule has 0 spiro atoms. The Morgan fingerprint density at radius 3 is 2.54 bits per heavy atom. The Morgan fingerprint density at radius 2 is 1.96 bits per heavy atom. The molecule has 0 atom stereocenters. The van der Waals surface area contributed by atoms with Gasteiger partial charge in [0.2, 0.25) is 0 Å². The monoisotopic (exact) mass is 445 g/mol. The molecule has 8 heteroatoms. The van der Waals surface area contributed by atoms with E-state index in [0.29, 0.717) is 30.5 Å². The van der Waals surface area contributed by atoms with Crippen LogP contribution >= 0.6 is 24.0 Å². The van der Waals surface area contributed by atoms with Crippen molar-refractivity contribution < 1.29 is 9.47 Å². The van der Waals surface area contributed by atoms with Crippen LogP contribution in [0, 0.1) is 13.8 Å². The van der Waals surface area contributed by atoms with Gasteiger partial charge in [-0.15, -0.1) is 24.0 Å². The molecule has 2 rings (SSSR count). The minimum Gasteiger partial charge on any atom is -0.493 e. The number of H-pyrrole nitrogens is 1. The van der Waals surface area contributed by atoms with Crippen LogP contribution in [0.15, 0.2) is 23.2 Å². The van der Waals surface area contributed by atoms with Crippen molar-refractivity contribution in [3.8, 4) is 11.5 Å². The lowest BCUT2D eigenvalue weighted by molar-refractivity contribution is 0.354. The van der Waals surface area contributed by atoms with Crippen LogP contribution in [0.2, 0.25) is 0 Å². The molecule has 24 heavy (non-hydrogen) atoms. The molecule has 0 unspecified atom stereocenters. The van der Waals surface area contributed by atoms with Crippen LogP contribution < -0.4 is 20.5 Å². The standard InChI is InChI=1S/C16H23N5O2.HI/c1-10-13(11(2)21-20-10)9-19-16(17)18-8-12-5-6-14(22-3)15(7-12)23-4;/h5-7H,8-9H2,1-4H3,(H,20,21)(H3,17,18,19);1H. The molecule has 4 N–H and O–H groups in total. The van der Waals surface area contributed by atoms with E-state index in [4.69, 9.17) is 15.2 Å². The zero-order chi connectivity index (χ0) is 16.8. The average molecular weight is 445 g/mol. The van der Waals surface area contributed by atoms with E-state index in [0.717, 1.165) is 22.5 Å². The number of ether oxygens (including phenoxy) is 2. The molecule has 1 aromatic heterocycles. The van der Waals surface area contributed by atoms with E-state index in [2.05, 4.69) is 20.5 Å². The summed E-state index contributed by atoms with van der Waals surface area (Å²) in [6.45, 7) is 4.99. The number of nitrogens with two attached hydrogens (primary N) is 1. The quantitative estimate of drug-likeness (QED) is 0.360. The van der Waals surface area contributed by atoms with E-state index < -0.39 is 0 Å². The van der Waals surface area contributed by atoms with E-state index in [1.807, 2.05) is 32.0 Å². The van der Waals surface area contributed by atoms with Crippen molar-refractivity contribution in [2.24, 2.45) is 10.7 Å². The number of rotatable bonds is 6. The molecule has 0 radical (unpaired) electrons. The van der Waals surface area contributed by atoms with Crippen LogP contribution in [0.3, 0.4) is 0 Å². The maximum Gasteiger partial charge on any atom is 0.189 e. The minimum absolute atomic E-state index is 0. The van der Waals surface area contributed by atoms with Crippen LogP contribution in [0.5, 0.6) is 11.5 Å². The predicted molar refractivity (Wildman–Crippen MR) is 105 cm³/mol. The van der Waals surface area contributed by atoms with Gasteiger partial charge in [-0.05, 0) is 31.5 Å². The summed E-state index contributed by atoms with van der Waals surface area (Å²) in [5.41, 5.74) is 10.0. The molecular weight excluding hydrogens is 421 g/mol. The van der Waals surface area contributed by atoms with E-state index in [-0.39, 0.29) is 24.0 Å². The highest BCUT2D eigenvalue weighted by molar-refractivity contribution is 14.0. The second-order valence-corrected chi connectivity index (χ2v) is 5.16. The first kappa shape index (κ1) is 20.1. The van der Waals surface area contributed by atoms with Crippen LogP contribution in [0.25, 0.3) is 0 Å². The smallest absolute Gasteiger partial charge is 0.189 e. The van der Waals surface area contributed by atoms with Gasteiger partial charge in [-0.2, -0.15) is 5.10 Å². The number of methoxy groups -OCH3 is 2. The molecule has 2 aromatic rings. The van der Waals surface area contributed by atoms with Crippen molar-refractivity contribution >= 4 is 29.9 Å². The number of aryl methyl sites for hydroxylation is 2.